The van der Waals surface area contributed by atoms with Gasteiger partial charge in [0.05, 0.1) is 30.4 Å². The lowest BCUT2D eigenvalue weighted by Gasteiger charge is -2.29. The lowest BCUT2D eigenvalue weighted by Crippen LogP contribution is -2.41. The molecular formula is C21H27FN6O. The molecule has 0 radical (unpaired) electrons. The molecule has 1 aromatic carbocycles. The topological polar surface area (TPSA) is 108 Å². The maximum Gasteiger partial charge on any atom is 0.141 e. The van der Waals surface area contributed by atoms with Crippen molar-refractivity contribution >= 4 is 12.0 Å². The summed E-state index contributed by atoms with van der Waals surface area (Å²) in [5.41, 5.74) is 11.2. The molecule has 0 amide bonds. The number of nitrogens with two attached hydrogens (primary N) is 1. The molecule has 4 rings (SSSR count). The first-order valence-corrected chi connectivity index (χ1v) is 10.2. The van der Waals surface area contributed by atoms with Crippen LogP contribution in [0.2, 0.25) is 0 Å². The van der Waals surface area contributed by atoms with Crippen molar-refractivity contribution in [3.05, 3.63) is 41.5 Å². The number of aliphatic hydroxyl groups is 1. The van der Waals surface area contributed by atoms with E-state index in [4.69, 9.17) is 5.73 Å². The maximum atomic E-state index is 15.5. The Bertz CT molecular complexity index is 860. The minimum absolute atomic E-state index is 0.0549. The molecule has 0 bridgehead atoms. The molecule has 2 unspecified atom stereocenters. The van der Waals surface area contributed by atoms with Gasteiger partial charge in [-0.15, -0.1) is 0 Å². The van der Waals surface area contributed by atoms with E-state index in [1.54, 1.807) is 12.3 Å². The highest BCUT2D eigenvalue weighted by Gasteiger charge is 2.26. The third-order valence-electron chi connectivity index (χ3n) is 5.76. The number of benzene rings is 1. The summed E-state index contributed by atoms with van der Waals surface area (Å²) in [4.78, 5) is 8.25. The van der Waals surface area contributed by atoms with Gasteiger partial charge < -0.3 is 10.8 Å². The molecule has 8 heteroatoms. The van der Waals surface area contributed by atoms with E-state index in [9.17, 15) is 5.11 Å². The molecule has 0 saturated heterocycles. The summed E-state index contributed by atoms with van der Waals surface area (Å²) in [7, 11) is 0. The van der Waals surface area contributed by atoms with Crippen LogP contribution in [0.1, 0.15) is 49.1 Å². The number of nitrogens with one attached hydrogen (secondary N) is 2. The summed E-state index contributed by atoms with van der Waals surface area (Å²) in [6, 6.07) is 3.80. The van der Waals surface area contributed by atoms with Crippen molar-refractivity contribution < 1.29 is 9.50 Å². The van der Waals surface area contributed by atoms with Gasteiger partial charge in [-0.1, -0.05) is 12.5 Å². The molecule has 29 heavy (non-hydrogen) atoms. The summed E-state index contributed by atoms with van der Waals surface area (Å²) in [5.74, 6) is 0.443. The van der Waals surface area contributed by atoms with Crippen molar-refractivity contribution in [2.75, 3.05) is 12.3 Å². The van der Waals surface area contributed by atoms with E-state index in [-0.39, 0.29) is 12.0 Å². The highest BCUT2D eigenvalue weighted by molar-refractivity contribution is 5.62. The van der Waals surface area contributed by atoms with Crippen molar-refractivity contribution in [2.45, 2.75) is 56.7 Å². The highest BCUT2D eigenvalue weighted by atomic mass is 19.1. The van der Waals surface area contributed by atoms with Crippen molar-refractivity contribution in [2.24, 2.45) is 5.10 Å². The zero-order chi connectivity index (χ0) is 20.2. The van der Waals surface area contributed by atoms with E-state index >= 15 is 4.39 Å². The SMILES string of the molecule is Nc1cnc(-c2ccc(C3CCC3)c(CCC(O)CNC3CC=NN3)c2F)cn1. The lowest BCUT2D eigenvalue weighted by atomic mass is 9.77. The van der Waals surface area contributed by atoms with Gasteiger partial charge >= 0.3 is 0 Å². The summed E-state index contributed by atoms with van der Waals surface area (Å²) < 4.78 is 15.5. The molecule has 7 nitrogen and oxygen atoms in total. The number of aliphatic hydroxyl groups excluding tert-OH is 1. The number of aromatic nitrogens is 2. The average Bonchev–Trinajstić information content (AvgIpc) is 3.19. The quantitative estimate of drug-likeness (QED) is 0.543. The van der Waals surface area contributed by atoms with Gasteiger partial charge in [-0.05, 0) is 48.8 Å². The van der Waals surface area contributed by atoms with E-state index in [1.807, 2.05) is 6.07 Å². The fourth-order valence-corrected chi connectivity index (χ4v) is 3.84. The Morgan fingerprint density at radius 2 is 2.14 bits per heavy atom. The van der Waals surface area contributed by atoms with Crippen LogP contribution < -0.4 is 16.5 Å². The molecule has 2 atom stereocenters. The monoisotopic (exact) mass is 398 g/mol. The largest absolute Gasteiger partial charge is 0.392 e. The van der Waals surface area contributed by atoms with E-state index in [0.29, 0.717) is 47.9 Å². The maximum absolute atomic E-state index is 15.5. The minimum Gasteiger partial charge on any atom is -0.392 e. The first-order chi connectivity index (χ1) is 14.1. The van der Waals surface area contributed by atoms with Gasteiger partial charge in [-0.25, -0.2) is 9.37 Å². The van der Waals surface area contributed by atoms with Crippen LogP contribution in [-0.2, 0) is 6.42 Å². The molecule has 2 heterocycles. The predicted octanol–water partition coefficient (Wildman–Crippen LogP) is 2.32. The lowest BCUT2D eigenvalue weighted by molar-refractivity contribution is 0.155. The number of nitrogen functional groups attached to an aromatic ring is 1. The molecule has 1 fully saturated rings. The van der Waals surface area contributed by atoms with Gasteiger partial charge in [0.15, 0.2) is 0 Å². The van der Waals surface area contributed by atoms with Crippen LogP contribution in [0, 0.1) is 5.82 Å². The number of anilines is 1. The Labute approximate surface area is 169 Å². The summed E-state index contributed by atoms with van der Waals surface area (Å²) >= 11 is 0. The van der Waals surface area contributed by atoms with Gasteiger partial charge in [0.25, 0.3) is 0 Å². The second kappa shape index (κ2) is 8.84. The number of halogens is 1. The Kier molecular flexibility index (Phi) is 6.01. The van der Waals surface area contributed by atoms with Crippen molar-refractivity contribution in [3.8, 4) is 11.3 Å². The molecule has 1 aliphatic heterocycles. The van der Waals surface area contributed by atoms with Gasteiger partial charge in [0, 0.05) is 24.7 Å². The van der Waals surface area contributed by atoms with Crippen LogP contribution in [0.5, 0.6) is 0 Å². The third-order valence-corrected chi connectivity index (χ3v) is 5.76. The van der Waals surface area contributed by atoms with E-state index in [1.165, 1.54) is 18.8 Å². The number of nitrogens with zero attached hydrogens (tertiary/aromatic N) is 3. The molecule has 5 N–H and O–H groups in total. The molecule has 2 aromatic rings. The number of hydrogen-bond acceptors (Lipinski definition) is 7. The third kappa shape index (κ3) is 4.54. The van der Waals surface area contributed by atoms with Crippen LogP contribution in [0.25, 0.3) is 11.3 Å². The Balaban J connectivity index is 1.49. The van der Waals surface area contributed by atoms with Crippen molar-refractivity contribution in [3.63, 3.8) is 0 Å². The van der Waals surface area contributed by atoms with Crippen LogP contribution in [0.4, 0.5) is 10.2 Å². The van der Waals surface area contributed by atoms with Crippen LogP contribution in [0.15, 0.2) is 29.6 Å². The standard InChI is InChI=1S/C21H27FN6O/c22-21-16(5-4-14(29)10-26-20-8-9-27-28-20)15(13-2-1-3-13)6-7-17(21)18-11-25-19(23)12-24-18/h6-7,9,11-14,20,26,28-29H,1-5,8,10H2,(H2,23,25). The summed E-state index contributed by atoms with van der Waals surface area (Å²) in [5, 5.41) is 17.6. The Morgan fingerprint density at radius 1 is 1.28 bits per heavy atom. The molecule has 1 aliphatic carbocycles. The number of rotatable bonds is 8. The molecule has 0 spiro atoms. The fraction of sp³-hybridized carbons (Fsp3) is 0.476. The first kappa shape index (κ1) is 19.7. The molecule has 1 saturated carbocycles. The first-order valence-electron chi connectivity index (χ1n) is 10.2. The predicted molar refractivity (Wildman–Crippen MR) is 111 cm³/mol. The Morgan fingerprint density at radius 3 is 2.79 bits per heavy atom. The average molecular weight is 398 g/mol. The van der Waals surface area contributed by atoms with Crippen LogP contribution in [0.3, 0.4) is 0 Å². The highest BCUT2D eigenvalue weighted by Crippen LogP contribution is 2.40. The second-order valence-electron chi connectivity index (χ2n) is 7.78. The fourth-order valence-electron chi connectivity index (χ4n) is 3.84. The van der Waals surface area contributed by atoms with E-state index < -0.39 is 6.10 Å². The minimum atomic E-state index is -0.564. The zero-order valence-corrected chi connectivity index (χ0v) is 16.3. The van der Waals surface area contributed by atoms with Gasteiger partial charge in [0.1, 0.15) is 11.6 Å². The second-order valence-corrected chi connectivity index (χ2v) is 7.78. The zero-order valence-electron chi connectivity index (χ0n) is 16.3. The number of hydrogen-bond donors (Lipinski definition) is 4. The smallest absolute Gasteiger partial charge is 0.141 e. The van der Waals surface area contributed by atoms with Crippen molar-refractivity contribution in [1.29, 1.82) is 0 Å². The van der Waals surface area contributed by atoms with Gasteiger partial charge in [-0.2, -0.15) is 5.10 Å². The van der Waals surface area contributed by atoms with Crippen molar-refractivity contribution in [1.82, 2.24) is 20.7 Å². The van der Waals surface area contributed by atoms with Gasteiger partial charge in [0.2, 0.25) is 0 Å². The summed E-state index contributed by atoms with van der Waals surface area (Å²) in [6.45, 7) is 0.435. The molecule has 2 aliphatic rings. The number of hydrazone groups is 1. The Hall–Kier alpha value is -2.58. The van der Waals surface area contributed by atoms with Crippen LogP contribution >= 0.6 is 0 Å². The molecule has 154 valence electrons. The van der Waals surface area contributed by atoms with Crippen LogP contribution in [-0.4, -0.2) is 40.1 Å². The summed E-state index contributed by atoms with van der Waals surface area (Å²) in [6.07, 6.45) is 9.33. The van der Waals surface area contributed by atoms with E-state index in [0.717, 1.165) is 24.8 Å². The molecular weight excluding hydrogens is 371 g/mol. The normalized spacial score (nSPS) is 19.7. The van der Waals surface area contributed by atoms with E-state index in [2.05, 4.69) is 25.8 Å². The van der Waals surface area contributed by atoms with Gasteiger partial charge in [-0.3, -0.25) is 15.7 Å². The molecule has 1 aromatic heterocycles.